The van der Waals surface area contributed by atoms with Crippen LogP contribution < -0.4 is 4.74 Å². The van der Waals surface area contributed by atoms with E-state index < -0.39 is 0 Å². The summed E-state index contributed by atoms with van der Waals surface area (Å²) in [5.74, 6) is 0.970. The number of methoxy groups -OCH3 is 1. The van der Waals surface area contributed by atoms with Gasteiger partial charge in [0, 0.05) is 32.7 Å². The van der Waals surface area contributed by atoms with Gasteiger partial charge in [0.15, 0.2) is 0 Å². The van der Waals surface area contributed by atoms with Crippen molar-refractivity contribution in [3.63, 3.8) is 0 Å². The molecule has 0 aromatic heterocycles. The summed E-state index contributed by atoms with van der Waals surface area (Å²) in [6, 6.07) is 7.61. The Balaban J connectivity index is 1.83. The van der Waals surface area contributed by atoms with Gasteiger partial charge in [0.1, 0.15) is 5.75 Å². The van der Waals surface area contributed by atoms with Crippen LogP contribution in [-0.2, 0) is 11.2 Å². The van der Waals surface area contributed by atoms with Crippen molar-refractivity contribution in [2.24, 2.45) is 0 Å². The second-order valence-corrected chi connectivity index (χ2v) is 4.97. The molecule has 1 saturated heterocycles. The first-order valence-corrected chi connectivity index (χ1v) is 6.97. The summed E-state index contributed by atoms with van der Waals surface area (Å²) in [6.45, 7) is 4.05. The van der Waals surface area contributed by atoms with Gasteiger partial charge in [0.25, 0.3) is 0 Å². The first-order valence-electron chi connectivity index (χ1n) is 6.97. The molecule has 1 aromatic rings. The van der Waals surface area contributed by atoms with Crippen LogP contribution in [0, 0.1) is 0 Å². The SMILES string of the molecule is COc1ccc(CC(=O)N2CCN(CCO)CC2)cc1. The quantitative estimate of drug-likeness (QED) is 0.846. The third-order valence-electron chi connectivity index (χ3n) is 3.66. The van der Waals surface area contributed by atoms with Crippen molar-refractivity contribution in [2.45, 2.75) is 6.42 Å². The standard InChI is InChI=1S/C15H22N2O3/c1-20-14-4-2-13(3-5-14)12-15(19)17-8-6-16(7-9-17)10-11-18/h2-5,18H,6-12H2,1H3. The smallest absolute Gasteiger partial charge is 0.227 e. The van der Waals surface area contributed by atoms with E-state index in [0.717, 1.165) is 37.5 Å². The highest BCUT2D eigenvalue weighted by Crippen LogP contribution is 2.13. The van der Waals surface area contributed by atoms with Crippen molar-refractivity contribution in [3.8, 4) is 5.75 Å². The number of aliphatic hydroxyl groups is 1. The fourth-order valence-corrected chi connectivity index (χ4v) is 2.39. The Bertz CT molecular complexity index is 425. The zero-order chi connectivity index (χ0) is 14.4. The number of piperazine rings is 1. The molecule has 0 atom stereocenters. The minimum absolute atomic E-state index is 0.166. The van der Waals surface area contributed by atoms with Crippen molar-refractivity contribution in [3.05, 3.63) is 29.8 Å². The molecule has 1 heterocycles. The number of ether oxygens (including phenoxy) is 1. The normalized spacial score (nSPS) is 16.2. The van der Waals surface area contributed by atoms with Gasteiger partial charge in [0.05, 0.1) is 20.1 Å². The molecular weight excluding hydrogens is 256 g/mol. The number of β-amino-alcohol motifs (C(OH)–C–C–N with tert-alkyl or cyclic N) is 1. The number of aliphatic hydroxyl groups excluding tert-OH is 1. The molecule has 0 aliphatic carbocycles. The molecule has 0 unspecified atom stereocenters. The topological polar surface area (TPSA) is 53.0 Å². The lowest BCUT2D eigenvalue weighted by Crippen LogP contribution is -2.49. The zero-order valence-corrected chi connectivity index (χ0v) is 11.9. The van der Waals surface area contributed by atoms with Crippen molar-refractivity contribution in [1.29, 1.82) is 0 Å². The summed E-state index contributed by atoms with van der Waals surface area (Å²) in [5, 5.41) is 8.90. The van der Waals surface area contributed by atoms with Crippen LogP contribution in [0.15, 0.2) is 24.3 Å². The van der Waals surface area contributed by atoms with Gasteiger partial charge in [-0.1, -0.05) is 12.1 Å². The van der Waals surface area contributed by atoms with E-state index in [2.05, 4.69) is 4.90 Å². The predicted molar refractivity (Wildman–Crippen MR) is 76.8 cm³/mol. The van der Waals surface area contributed by atoms with Gasteiger partial charge in [-0.2, -0.15) is 0 Å². The highest BCUT2D eigenvalue weighted by Gasteiger charge is 2.20. The molecule has 5 heteroatoms. The number of carbonyl (C=O) groups is 1. The molecule has 0 bridgehead atoms. The van der Waals surface area contributed by atoms with Crippen molar-refractivity contribution in [1.82, 2.24) is 9.80 Å². The molecule has 1 amide bonds. The Labute approximate surface area is 119 Å². The maximum absolute atomic E-state index is 12.2. The van der Waals surface area contributed by atoms with E-state index >= 15 is 0 Å². The molecular formula is C15H22N2O3. The van der Waals surface area contributed by atoms with E-state index in [0.29, 0.717) is 13.0 Å². The summed E-state index contributed by atoms with van der Waals surface area (Å²) in [5.41, 5.74) is 1.01. The Morgan fingerprint density at radius 1 is 1.20 bits per heavy atom. The largest absolute Gasteiger partial charge is 0.497 e. The summed E-state index contributed by atoms with van der Waals surface area (Å²) >= 11 is 0. The molecule has 0 saturated carbocycles. The van der Waals surface area contributed by atoms with E-state index in [9.17, 15) is 4.79 Å². The molecule has 2 rings (SSSR count). The molecule has 110 valence electrons. The minimum Gasteiger partial charge on any atom is -0.497 e. The molecule has 20 heavy (non-hydrogen) atoms. The molecule has 1 N–H and O–H groups in total. The molecule has 1 fully saturated rings. The lowest BCUT2D eigenvalue weighted by atomic mass is 10.1. The molecule has 5 nitrogen and oxygen atoms in total. The van der Waals surface area contributed by atoms with Crippen LogP contribution in [0.3, 0.4) is 0 Å². The van der Waals surface area contributed by atoms with Crippen molar-refractivity contribution >= 4 is 5.91 Å². The Hall–Kier alpha value is -1.59. The maximum Gasteiger partial charge on any atom is 0.227 e. The Morgan fingerprint density at radius 3 is 2.40 bits per heavy atom. The van der Waals surface area contributed by atoms with Gasteiger partial charge < -0.3 is 14.7 Å². The van der Waals surface area contributed by atoms with Gasteiger partial charge in [-0.25, -0.2) is 0 Å². The average Bonchev–Trinajstić information content (AvgIpc) is 2.49. The highest BCUT2D eigenvalue weighted by molar-refractivity contribution is 5.78. The molecule has 1 aromatic carbocycles. The van der Waals surface area contributed by atoms with E-state index in [-0.39, 0.29) is 12.5 Å². The van der Waals surface area contributed by atoms with Gasteiger partial charge in [-0.15, -0.1) is 0 Å². The van der Waals surface area contributed by atoms with E-state index in [4.69, 9.17) is 9.84 Å². The first kappa shape index (κ1) is 14.8. The van der Waals surface area contributed by atoms with Crippen molar-refractivity contribution in [2.75, 3.05) is 46.4 Å². The summed E-state index contributed by atoms with van der Waals surface area (Å²) in [4.78, 5) is 16.3. The Kier molecular flexibility index (Phi) is 5.38. The first-order chi connectivity index (χ1) is 9.72. The van der Waals surface area contributed by atoms with Crippen molar-refractivity contribution < 1.29 is 14.6 Å². The fourth-order valence-electron chi connectivity index (χ4n) is 2.39. The monoisotopic (exact) mass is 278 g/mol. The second kappa shape index (κ2) is 7.26. The Morgan fingerprint density at radius 2 is 1.85 bits per heavy atom. The molecule has 0 radical (unpaired) electrons. The van der Waals surface area contributed by atoms with Gasteiger partial charge >= 0.3 is 0 Å². The third-order valence-corrected chi connectivity index (χ3v) is 3.66. The lowest BCUT2D eigenvalue weighted by molar-refractivity contribution is -0.132. The van der Waals surface area contributed by atoms with Crippen LogP contribution in [0.25, 0.3) is 0 Å². The van der Waals surface area contributed by atoms with Crippen LogP contribution in [0.4, 0.5) is 0 Å². The summed E-state index contributed by atoms with van der Waals surface area (Å²) < 4.78 is 5.10. The van der Waals surface area contributed by atoms with Gasteiger partial charge in [0.2, 0.25) is 5.91 Å². The number of hydrogen-bond donors (Lipinski definition) is 1. The second-order valence-electron chi connectivity index (χ2n) is 4.97. The summed E-state index contributed by atoms with van der Waals surface area (Å²) in [7, 11) is 1.63. The van der Waals surface area contributed by atoms with Gasteiger partial charge in [-0.3, -0.25) is 9.69 Å². The van der Waals surface area contributed by atoms with Crippen LogP contribution in [-0.4, -0.2) is 67.3 Å². The van der Waals surface area contributed by atoms with Gasteiger partial charge in [-0.05, 0) is 17.7 Å². The zero-order valence-electron chi connectivity index (χ0n) is 11.9. The van der Waals surface area contributed by atoms with Crippen LogP contribution in [0.1, 0.15) is 5.56 Å². The van der Waals surface area contributed by atoms with Crippen LogP contribution >= 0.6 is 0 Å². The highest BCUT2D eigenvalue weighted by atomic mass is 16.5. The number of nitrogens with zero attached hydrogens (tertiary/aromatic N) is 2. The lowest BCUT2D eigenvalue weighted by Gasteiger charge is -2.34. The maximum atomic E-state index is 12.2. The number of rotatable bonds is 5. The van der Waals surface area contributed by atoms with E-state index in [1.54, 1.807) is 7.11 Å². The number of benzene rings is 1. The number of hydrogen-bond acceptors (Lipinski definition) is 4. The predicted octanol–water partition coefficient (Wildman–Crippen LogP) is 0.374. The average molecular weight is 278 g/mol. The van der Waals surface area contributed by atoms with Crippen LogP contribution in [0.5, 0.6) is 5.75 Å². The number of amides is 1. The molecule has 1 aliphatic heterocycles. The summed E-state index contributed by atoms with van der Waals surface area (Å²) in [6.07, 6.45) is 0.435. The fraction of sp³-hybridized carbons (Fsp3) is 0.533. The minimum atomic E-state index is 0.166. The van der Waals surface area contributed by atoms with E-state index in [1.165, 1.54) is 0 Å². The molecule has 1 aliphatic rings. The van der Waals surface area contributed by atoms with E-state index in [1.807, 2.05) is 29.2 Å². The molecule has 0 spiro atoms. The third kappa shape index (κ3) is 3.95. The number of carbonyl (C=O) groups excluding carboxylic acids is 1. The van der Waals surface area contributed by atoms with Crippen LogP contribution in [0.2, 0.25) is 0 Å².